The molecule has 1 nitrogen and oxygen atoms in total. The van der Waals surface area contributed by atoms with Crippen molar-refractivity contribution in [3.05, 3.63) is 0 Å². The molecule has 0 N–H and O–H groups in total. The Morgan fingerprint density at radius 1 is 0.933 bits per heavy atom. The van der Waals surface area contributed by atoms with E-state index in [1.807, 2.05) is 0 Å². The van der Waals surface area contributed by atoms with Crippen molar-refractivity contribution in [3.8, 4) is 0 Å². The van der Waals surface area contributed by atoms with Crippen LogP contribution in [0.25, 0.3) is 0 Å². The van der Waals surface area contributed by atoms with Crippen LogP contribution in [0.2, 0.25) is 0 Å². The van der Waals surface area contributed by atoms with Gasteiger partial charge in [-0.15, -0.1) is 0 Å². The highest BCUT2D eigenvalue weighted by atomic mass is 32.1. The summed E-state index contributed by atoms with van der Waals surface area (Å²) in [7, 11) is 0. The number of nitrogens with zero attached hydrogens (tertiary/aromatic N) is 1. The number of hydrogen-bond acceptors (Lipinski definition) is 2. The van der Waals surface area contributed by atoms with Gasteiger partial charge in [0.05, 0.1) is 0 Å². The lowest BCUT2D eigenvalue weighted by Crippen LogP contribution is -2.37. The van der Waals surface area contributed by atoms with Crippen molar-refractivity contribution in [1.29, 1.82) is 0 Å². The second kappa shape index (κ2) is 10.8. The molecule has 0 saturated heterocycles. The zero-order chi connectivity index (χ0) is 11.5. The largest absolute Gasteiger partial charge is 0.300 e. The molecule has 0 rings (SSSR count). The lowest BCUT2D eigenvalue weighted by atomic mass is 10.0. The third kappa shape index (κ3) is 7.24. The fraction of sp³-hybridized carbons (Fsp3) is 1.00. The number of unbranched alkanes of at least 4 members (excludes halogenated alkanes) is 1. The van der Waals surface area contributed by atoms with Crippen molar-refractivity contribution in [2.75, 3.05) is 18.8 Å². The highest BCUT2D eigenvalue weighted by Crippen LogP contribution is 2.14. The molecule has 0 radical (unpaired) electrons. The van der Waals surface area contributed by atoms with E-state index in [2.05, 4.69) is 38.3 Å². The fourth-order valence-corrected chi connectivity index (χ4v) is 2.45. The topological polar surface area (TPSA) is 3.24 Å². The smallest absolute Gasteiger partial charge is 0.0103 e. The van der Waals surface area contributed by atoms with Crippen molar-refractivity contribution in [2.45, 2.75) is 65.3 Å². The standard InChI is InChI=1S/C13H29NS/c1-4-7-8-13(9-12-15)14(10-5-2)11-6-3/h13,15H,4-12H2,1-3H3. The Hall–Kier alpha value is 0.310. The fourth-order valence-electron chi connectivity index (χ4n) is 2.15. The summed E-state index contributed by atoms with van der Waals surface area (Å²) >= 11 is 4.39. The van der Waals surface area contributed by atoms with Gasteiger partial charge in [0.2, 0.25) is 0 Å². The molecule has 1 atom stereocenters. The lowest BCUT2D eigenvalue weighted by Gasteiger charge is -2.31. The maximum Gasteiger partial charge on any atom is 0.0103 e. The Balaban J connectivity index is 4.09. The molecular formula is C13H29NS. The average molecular weight is 231 g/mol. The molecular weight excluding hydrogens is 202 g/mol. The van der Waals surface area contributed by atoms with E-state index in [9.17, 15) is 0 Å². The van der Waals surface area contributed by atoms with Crippen LogP contribution in [0.5, 0.6) is 0 Å². The Bertz CT molecular complexity index is 122. The van der Waals surface area contributed by atoms with E-state index in [1.165, 1.54) is 51.6 Å². The van der Waals surface area contributed by atoms with Crippen LogP contribution in [-0.4, -0.2) is 29.8 Å². The highest BCUT2D eigenvalue weighted by molar-refractivity contribution is 7.80. The summed E-state index contributed by atoms with van der Waals surface area (Å²) in [5, 5.41) is 0. The lowest BCUT2D eigenvalue weighted by molar-refractivity contribution is 0.180. The van der Waals surface area contributed by atoms with Gasteiger partial charge < -0.3 is 4.90 Å². The first-order chi connectivity index (χ1) is 7.29. The first-order valence-electron chi connectivity index (χ1n) is 6.64. The zero-order valence-electron chi connectivity index (χ0n) is 10.8. The van der Waals surface area contributed by atoms with Crippen LogP contribution in [0, 0.1) is 0 Å². The van der Waals surface area contributed by atoms with Gasteiger partial charge in [0.1, 0.15) is 0 Å². The second-order valence-corrected chi connectivity index (χ2v) is 4.79. The van der Waals surface area contributed by atoms with Crippen molar-refractivity contribution in [1.82, 2.24) is 4.90 Å². The number of thiol groups is 1. The van der Waals surface area contributed by atoms with Gasteiger partial charge in [-0.2, -0.15) is 12.6 Å². The average Bonchev–Trinajstić information content (AvgIpc) is 2.24. The molecule has 0 aliphatic carbocycles. The summed E-state index contributed by atoms with van der Waals surface area (Å²) in [6.45, 7) is 9.36. The molecule has 0 spiro atoms. The Labute approximate surface area is 102 Å². The van der Waals surface area contributed by atoms with Crippen LogP contribution in [0.3, 0.4) is 0 Å². The van der Waals surface area contributed by atoms with E-state index in [-0.39, 0.29) is 0 Å². The van der Waals surface area contributed by atoms with E-state index in [0.717, 1.165) is 11.8 Å². The first-order valence-corrected chi connectivity index (χ1v) is 7.28. The predicted octanol–water partition coefficient (Wildman–Crippen LogP) is 3.99. The van der Waals surface area contributed by atoms with E-state index in [1.54, 1.807) is 0 Å². The molecule has 0 aromatic heterocycles. The van der Waals surface area contributed by atoms with Crippen molar-refractivity contribution in [2.24, 2.45) is 0 Å². The van der Waals surface area contributed by atoms with E-state index in [0.29, 0.717) is 0 Å². The third-order valence-corrected chi connectivity index (χ3v) is 3.15. The summed E-state index contributed by atoms with van der Waals surface area (Å²) in [6, 6.07) is 0.780. The molecule has 0 heterocycles. The zero-order valence-corrected chi connectivity index (χ0v) is 11.7. The molecule has 0 amide bonds. The van der Waals surface area contributed by atoms with Crippen LogP contribution >= 0.6 is 12.6 Å². The van der Waals surface area contributed by atoms with Crippen LogP contribution in [-0.2, 0) is 0 Å². The van der Waals surface area contributed by atoms with Crippen LogP contribution in [0.1, 0.15) is 59.3 Å². The van der Waals surface area contributed by atoms with Gasteiger partial charge in [0, 0.05) is 6.04 Å². The number of rotatable bonds is 10. The van der Waals surface area contributed by atoms with Crippen LogP contribution in [0.15, 0.2) is 0 Å². The molecule has 0 saturated carbocycles. The Morgan fingerprint density at radius 3 is 1.93 bits per heavy atom. The van der Waals surface area contributed by atoms with E-state index in [4.69, 9.17) is 0 Å². The maximum absolute atomic E-state index is 4.39. The van der Waals surface area contributed by atoms with Gasteiger partial charge in [-0.1, -0.05) is 33.6 Å². The predicted molar refractivity (Wildman–Crippen MR) is 73.9 cm³/mol. The summed E-state index contributed by atoms with van der Waals surface area (Å²) in [6.07, 6.45) is 7.84. The Morgan fingerprint density at radius 2 is 1.53 bits per heavy atom. The minimum atomic E-state index is 0.780. The second-order valence-electron chi connectivity index (χ2n) is 4.34. The third-order valence-electron chi connectivity index (χ3n) is 2.89. The minimum Gasteiger partial charge on any atom is -0.300 e. The molecule has 0 bridgehead atoms. The summed E-state index contributed by atoms with van der Waals surface area (Å²) < 4.78 is 0. The van der Waals surface area contributed by atoms with Gasteiger partial charge in [0.15, 0.2) is 0 Å². The molecule has 1 unspecified atom stereocenters. The van der Waals surface area contributed by atoms with E-state index < -0.39 is 0 Å². The molecule has 0 aromatic carbocycles. The summed E-state index contributed by atoms with van der Waals surface area (Å²) in [4.78, 5) is 2.67. The minimum absolute atomic E-state index is 0.780. The number of hydrogen-bond donors (Lipinski definition) is 1. The molecule has 2 heteroatoms. The van der Waals surface area contributed by atoms with Gasteiger partial charge in [-0.3, -0.25) is 0 Å². The SMILES string of the molecule is CCCCC(CCS)N(CCC)CCC. The molecule has 0 aliphatic heterocycles. The van der Waals surface area contributed by atoms with Gasteiger partial charge in [0.25, 0.3) is 0 Å². The maximum atomic E-state index is 4.39. The van der Waals surface area contributed by atoms with E-state index >= 15 is 0 Å². The van der Waals surface area contributed by atoms with Gasteiger partial charge in [-0.05, 0) is 44.5 Å². The van der Waals surface area contributed by atoms with Crippen molar-refractivity contribution >= 4 is 12.6 Å². The van der Waals surface area contributed by atoms with Gasteiger partial charge >= 0.3 is 0 Å². The monoisotopic (exact) mass is 231 g/mol. The van der Waals surface area contributed by atoms with Gasteiger partial charge in [-0.25, -0.2) is 0 Å². The van der Waals surface area contributed by atoms with Crippen LogP contribution in [0.4, 0.5) is 0 Å². The molecule has 0 aliphatic rings. The summed E-state index contributed by atoms with van der Waals surface area (Å²) in [5.41, 5.74) is 0. The molecule has 92 valence electrons. The molecule has 15 heavy (non-hydrogen) atoms. The first kappa shape index (κ1) is 15.3. The van der Waals surface area contributed by atoms with Crippen molar-refractivity contribution < 1.29 is 0 Å². The molecule has 0 fully saturated rings. The molecule has 0 aromatic rings. The normalized spacial score (nSPS) is 13.4. The Kier molecular flexibility index (Phi) is 11.0. The summed E-state index contributed by atoms with van der Waals surface area (Å²) in [5.74, 6) is 1.03. The quantitative estimate of drug-likeness (QED) is 0.557. The highest BCUT2D eigenvalue weighted by Gasteiger charge is 2.15. The van der Waals surface area contributed by atoms with Crippen molar-refractivity contribution in [3.63, 3.8) is 0 Å². The van der Waals surface area contributed by atoms with Crippen LogP contribution < -0.4 is 0 Å².